The van der Waals surface area contributed by atoms with Crippen LogP contribution in [0.3, 0.4) is 0 Å². The van der Waals surface area contributed by atoms with Gasteiger partial charge in [0.1, 0.15) is 11.7 Å². The third-order valence-corrected chi connectivity index (χ3v) is 9.02. The second-order valence-corrected chi connectivity index (χ2v) is 11.9. The van der Waals surface area contributed by atoms with E-state index in [1.807, 2.05) is 30.3 Å². The molecular weight excluding hydrogens is 536 g/mol. The maximum atomic E-state index is 13.1. The van der Waals surface area contributed by atoms with Crippen LogP contribution >= 0.6 is 22.6 Å². The third-order valence-electron chi connectivity index (χ3n) is 7.57. The molecular formula is C26H33FINO4. The molecule has 3 fully saturated rings. The predicted molar refractivity (Wildman–Crippen MR) is 134 cm³/mol. The van der Waals surface area contributed by atoms with Gasteiger partial charge in [-0.15, -0.1) is 0 Å². The summed E-state index contributed by atoms with van der Waals surface area (Å²) in [4.78, 5) is 25.0. The molecule has 2 aliphatic heterocycles. The average Bonchev–Trinajstić information content (AvgIpc) is 3.27. The first-order valence-electron chi connectivity index (χ1n) is 11.8. The van der Waals surface area contributed by atoms with Gasteiger partial charge in [-0.3, -0.25) is 4.79 Å². The van der Waals surface area contributed by atoms with Gasteiger partial charge in [-0.1, -0.05) is 66.8 Å². The van der Waals surface area contributed by atoms with E-state index in [0.29, 0.717) is 22.7 Å². The van der Waals surface area contributed by atoms with Crippen LogP contribution in [0, 0.1) is 17.8 Å². The summed E-state index contributed by atoms with van der Waals surface area (Å²) in [6.45, 7) is 5.26. The number of hydrogen-bond donors (Lipinski definition) is 1. The Kier molecular flexibility index (Phi) is 7.20. The Morgan fingerprint density at radius 2 is 2.03 bits per heavy atom. The standard InChI is InChI=1S/C26H33FINO4/c1-16(2)13-26-14-20(29-21(30)15-27)25(3,33-26)18-10-11-19(28)23(18)24(26)32-22(31)12-9-17-7-5-4-6-8-17/h4-9,12,16,18-20,23-24H,10-11,13-15H2,1-3H3,(H,29,30)/b12-9+. The first-order chi connectivity index (χ1) is 15.7. The lowest BCUT2D eigenvalue weighted by Crippen LogP contribution is -2.62. The van der Waals surface area contributed by atoms with Gasteiger partial charge in [0, 0.05) is 22.3 Å². The van der Waals surface area contributed by atoms with Crippen molar-refractivity contribution in [2.24, 2.45) is 17.8 Å². The molecule has 0 spiro atoms. The van der Waals surface area contributed by atoms with Crippen molar-refractivity contribution in [3.63, 3.8) is 0 Å². The third kappa shape index (κ3) is 4.72. The molecule has 4 rings (SSSR count). The fourth-order valence-corrected chi connectivity index (χ4v) is 7.68. The van der Waals surface area contributed by atoms with Crippen molar-refractivity contribution in [2.75, 3.05) is 6.67 Å². The smallest absolute Gasteiger partial charge is 0.331 e. The molecule has 2 heterocycles. The molecule has 7 unspecified atom stereocenters. The number of alkyl halides is 2. The van der Waals surface area contributed by atoms with Crippen LogP contribution in [0.1, 0.15) is 52.0 Å². The van der Waals surface area contributed by atoms with E-state index in [9.17, 15) is 14.0 Å². The fourth-order valence-electron chi connectivity index (χ4n) is 6.44. The Hall–Kier alpha value is -1.48. The summed E-state index contributed by atoms with van der Waals surface area (Å²) in [5, 5.41) is 2.89. The quantitative estimate of drug-likeness (QED) is 0.220. The number of rotatable bonds is 7. The number of hydrogen-bond acceptors (Lipinski definition) is 4. The van der Waals surface area contributed by atoms with Crippen molar-refractivity contribution in [3.8, 4) is 0 Å². The molecule has 7 atom stereocenters. The molecule has 1 saturated carbocycles. The Morgan fingerprint density at radius 3 is 2.70 bits per heavy atom. The number of amides is 1. The van der Waals surface area contributed by atoms with Crippen LogP contribution in [-0.2, 0) is 19.1 Å². The van der Waals surface area contributed by atoms with Crippen molar-refractivity contribution in [2.45, 2.75) is 73.7 Å². The first kappa shape index (κ1) is 24.6. The summed E-state index contributed by atoms with van der Waals surface area (Å²) in [5.74, 6) is -0.439. The van der Waals surface area contributed by atoms with Crippen molar-refractivity contribution in [3.05, 3.63) is 42.0 Å². The molecule has 2 saturated heterocycles. The summed E-state index contributed by atoms with van der Waals surface area (Å²) in [6, 6.07) is 9.34. The average molecular weight is 569 g/mol. The van der Waals surface area contributed by atoms with Crippen molar-refractivity contribution in [1.82, 2.24) is 5.32 Å². The highest BCUT2D eigenvalue weighted by Crippen LogP contribution is 2.62. The van der Waals surface area contributed by atoms with Gasteiger partial charge in [-0.05, 0) is 49.7 Å². The minimum atomic E-state index is -1.05. The number of nitrogens with one attached hydrogen (secondary N) is 1. The van der Waals surface area contributed by atoms with Crippen molar-refractivity contribution < 1.29 is 23.5 Å². The van der Waals surface area contributed by atoms with E-state index in [1.54, 1.807) is 6.08 Å². The lowest BCUT2D eigenvalue weighted by atomic mass is 9.72. The molecule has 33 heavy (non-hydrogen) atoms. The predicted octanol–water partition coefficient (Wildman–Crippen LogP) is 4.87. The maximum Gasteiger partial charge on any atom is 0.331 e. The van der Waals surface area contributed by atoms with E-state index in [2.05, 4.69) is 48.7 Å². The van der Waals surface area contributed by atoms with Crippen LogP contribution in [0.2, 0.25) is 0 Å². The zero-order valence-corrected chi connectivity index (χ0v) is 21.6. The number of halogens is 2. The van der Waals surface area contributed by atoms with E-state index in [1.165, 1.54) is 6.08 Å². The summed E-state index contributed by atoms with van der Waals surface area (Å²) in [7, 11) is 0. The van der Waals surface area contributed by atoms with Crippen LogP contribution in [0.25, 0.3) is 6.08 Å². The molecule has 2 bridgehead atoms. The number of ether oxygens (including phenoxy) is 2. The molecule has 0 aromatic heterocycles. The Bertz CT molecular complexity index is 909. The molecule has 0 radical (unpaired) electrons. The highest BCUT2D eigenvalue weighted by Gasteiger charge is 2.70. The number of esters is 1. The first-order valence-corrected chi connectivity index (χ1v) is 13.1. The largest absolute Gasteiger partial charge is 0.456 e. The molecule has 1 aromatic carbocycles. The van der Waals surface area contributed by atoms with E-state index in [0.717, 1.165) is 18.4 Å². The monoisotopic (exact) mass is 569 g/mol. The van der Waals surface area contributed by atoms with Gasteiger partial charge in [0.2, 0.25) is 0 Å². The molecule has 1 aromatic rings. The van der Waals surface area contributed by atoms with Crippen LogP contribution in [0.4, 0.5) is 4.39 Å². The Labute approximate surface area is 209 Å². The SMILES string of the molecule is CC(C)CC12CC(NC(=O)CF)C(C)(O1)C1CCC(I)C1C2OC(=O)/C=C/c1ccccc1. The van der Waals surface area contributed by atoms with E-state index < -0.39 is 29.9 Å². The number of benzene rings is 1. The minimum Gasteiger partial charge on any atom is -0.456 e. The number of fused-ring (bicyclic) bond motifs is 4. The highest BCUT2D eigenvalue weighted by atomic mass is 127. The summed E-state index contributed by atoms with van der Waals surface area (Å²) in [5.41, 5.74) is -0.380. The summed E-state index contributed by atoms with van der Waals surface area (Å²) >= 11 is 2.48. The molecule has 3 aliphatic rings. The lowest BCUT2D eigenvalue weighted by Gasteiger charge is -2.52. The van der Waals surface area contributed by atoms with Gasteiger partial charge in [0.25, 0.3) is 5.91 Å². The van der Waals surface area contributed by atoms with Gasteiger partial charge in [-0.2, -0.15) is 0 Å². The van der Waals surface area contributed by atoms with Crippen LogP contribution < -0.4 is 5.32 Å². The molecule has 1 N–H and O–H groups in total. The van der Waals surface area contributed by atoms with Gasteiger partial charge < -0.3 is 14.8 Å². The summed E-state index contributed by atoms with van der Waals surface area (Å²) in [6.07, 6.45) is 5.99. The normalized spacial score (nSPS) is 37.3. The second kappa shape index (κ2) is 9.64. The molecule has 180 valence electrons. The lowest BCUT2D eigenvalue weighted by molar-refractivity contribution is -0.245. The minimum absolute atomic E-state index is 0.128. The van der Waals surface area contributed by atoms with Crippen molar-refractivity contribution >= 4 is 40.5 Å². The van der Waals surface area contributed by atoms with Gasteiger partial charge in [-0.25, -0.2) is 9.18 Å². The van der Waals surface area contributed by atoms with Gasteiger partial charge in [0.05, 0.1) is 11.6 Å². The molecule has 7 heteroatoms. The molecule has 1 amide bonds. The fraction of sp³-hybridized carbons (Fsp3) is 0.615. The zero-order valence-electron chi connectivity index (χ0n) is 19.4. The van der Waals surface area contributed by atoms with Gasteiger partial charge in [0.15, 0.2) is 6.67 Å². The maximum absolute atomic E-state index is 13.1. The zero-order chi connectivity index (χ0) is 23.8. The second-order valence-electron chi connectivity index (χ2n) is 10.3. The topological polar surface area (TPSA) is 64.6 Å². The Morgan fingerprint density at radius 1 is 1.30 bits per heavy atom. The molecule has 5 nitrogen and oxygen atoms in total. The van der Waals surface area contributed by atoms with Crippen LogP contribution in [0.5, 0.6) is 0 Å². The summed E-state index contributed by atoms with van der Waals surface area (Å²) < 4.78 is 26.5. The van der Waals surface area contributed by atoms with E-state index in [4.69, 9.17) is 9.47 Å². The highest BCUT2D eigenvalue weighted by molar-refractivity contribution is 14.1. The van der Waals surface area contributed by atoms with Crippen molar-refractivity contribution in [1.29, 1.82) is 0 Å². The van der Waals surface area contributed by atoms with Gasteiger partial charge >= 0.3 is 5.97 Å². The Balaban J connectivity index is 1.66. The van der Waals surface area contributed by atoms with Crippen LogP contribution in [0.15, 0.2) is 36.4 Å². The molecule has 1 aliphatic carbocycles. The van der Waals surface area contributed by atoms with E-state index >= 15 is 0 Å². The number of carbonyl (C=O) groups is 2. The number of carbonyl (C=O) groups excluding carboxylic acids is 2. The van der Waals surface area contributed by atoms with E-state index in [-0.39, 0.29) is 23.8 Å². The van der Waals surface area contributed by atoms with Crippen LogP contribution in [-0.4, -0.2) is 45.8 Å².